The Hall–Kier alpha value is -2.07. The van der Waals surface area contributed by atoms with Crippen molar-refractivity contribution in [1.29, 1.82) is 5.26 Å². The molecule has 0 aliphatic carbocycles. The van der Waals surface area contributed by atoms with Gasteiger partial charge in [0.2, 0.25) is 5.16 Å². The van der Waals surface area contributed by atoms with Crippen LogP contribution in [0.25, 0.3) is 0 Å². The van der Waals surface area contributed by atoms with Gasteiger partial charge < -0.3 is 4.74 Å². The van der Waals surface area contributed by atoms with Gasteiger partial charge in [-0.2, -0.15) is 5.26 Å². The van der Waals surface area contributed by atoms with E-state index in [1.165, 1.54) is 11.8 Å². The summed E-state index contributed by atoms with van der Waals surface area (Å²) in [6, 6.07) is 9.86. The first-order chi connectivity index (χ1) is 9.22. The van der Waals surface area contributed by atoms with E-state index in [1.54, 1.807) is 11.8 Å². The zero-order valence-corrected chi connectivity index (χ0v) is 11.5. The second-order valence-corrected chi connectivity index (χ2v) is 5.16. The number of methoxy groups -OCH3 is 1. The normalized spacial score (nSPS) is 11.8. The molecule has 0 aliphatic rings. The average molecular weight is 275 g/mol. The minimum atomic E-state index is -0.180. The molecule has 0 radical (unpaired) electrons. The van der Waals surface area contributed by atoms with Crippen molar-refractivity contribution in [3.8, 4) is 11.8 Å². The predicted octanol–water partition coefficient (Wildman–Crippen LogP) is 1.73. The van der Waals surface area contributed by atoms with E-state index in [9.17, 15) is 0 Å². The highest BCUT2D eigenvalue weighted by molar-refractivity contribution is 8.00. The molecule has 7 heteroatoms. The minimum Gasteiger partial charge on any atom is -0.497 e. The van der Waals surface area contributed by atoms with E-state index < -0.39 is 0 Å². The monoisotopic (exact) mass is 275 g/mol. The second-order valence-electron chi connectivity index (χ2n) is 3.86. The lowest BCUT2D eigenvalue weighted by atomic mass is 10.2. The predicted molar refractivity (Wildman–Crippen MR) is 70.8 cm³/mol. The maximum Gasteiger partial charge on any atom is 0.210 e. The Balaban J connectivity index is 2.10. The van der Waals surface area contributed by atoms with E-state index >= 15 is 0 Å². The molecule has 2 aromatic rings. The molecule has 0 aliphatic heterocycles. The van der Waals surface area contributed by atoms with Crippen LogP contribution in [0.1, 0.15) is 12.5 Å². The number of tetrazole rings is 1. The number of nitrogens with zero attached hydrogens (tertiary/aromatic N) is 5. The Bertz CT molecular complexity index is 575. The molecular weight excluding hydrogens is 262 g/mol. The molecule has 1 atom stereocenters. The number of hydrogen-bond acceptors (Lipinski definition) is 6. The van der Waals surface area contributed by atoms with Crippen LogP contribution in [-0.4, -0.2) is 32.6 Å². The van der Waals surface area contributed by atoms with Gasteiger partial charge in [0.25, 0.3) is 0 Å². The van der Waals surface area contributed by atoms with Crippen molar-refractivity contribution in [3.05, 3.63) is 29.8 Å². The summed E-state index contributed by atoms with van der Waals surface area (Å²) >= 11 is 1.34. The van der Waals surface area contributed by atoms with Crippen molar-refractivity contribution in [1.82, 2.24) is 20.2 Å². The van der Waals surface area contributed by atoms with Crippen LogP contribution in [-0.2, 0) is 6.54 Å². The Kier molecular flexibility index (Phi) is 4.36. The smallest absolute Gasteiger partial charge is 0.210 e. The Morgan fingerprint density at radius 2 is 2.16 bits per heavy atom. The number of hydrogen-bond donors (Lipinski definition) is 0. The lowest BCUT2D eigenvalue weighted by Gasteiger charge is -2.06. The van der Waals surface area contributed by atoms with Gasteiger partial charge >= 0.3 is 0 Å². The van der Waals surface area contributed by atoms with Gasteiger partial charge in [0.1, 0.15) is 5.75 Å². The zero-order valence-electron chi connectivity index (χ0n) is 10.6. The molecule has 0 saturated carbocycles. The first-order valence-corrected chi connectivity index (χ1v) is 6.56. The van der Waals surface area contributed by atoms with E-state index in [4.69, 9.17) is 10.00 Å². The van der Waals surface area contributed by atoms with E-state index in [-0.39, 0.29) is 5.25 Å². The van der Waals surface area contributed by atoms with Gasteiger partial charge in [-0.15, -0.1) is 5.10 Å². The Morgan fingerprint density at radius 3 is 2.79 bits per heavy atom. The third kappa shape index (κ3) is 3.45. The van der Waals surface area contributed by atoms with Crippen LogP contribution < -0.4 is 4.74 Å². The van der Waals surface area contributed by atoms with Gasteiger partial charge in [-0.25, -0.2) is 4.68 Å². The molecule has 0 spiro atoms. The summed E-state index contributed by atoms with van der Waals surface area (Å²) in [5.41, 5.74) is 1.07. The van der Waals surface area contributed by atoms with Crippen LogP contribution in [0.4, 0.5) is 0 Å². The van der Waals surface area contributed by atoms with Crippen LogP contribution in [0.5, 0.6) is 5.75 Å². The molecular formula is C12H13N5OS. The molecule has 0 saturated heterocycles. The summed E-state index contributed by atoms with van der Waals surface area (Å²) < 4.78 is 6.79. The van der Waals surface area contributed by atoms with Crippen molar-refractivity contribution in [2.75, 3.05) is 7.11 Å². The molecule has 0 fully saturated rings. The van der Waals surface area contributed by atoms with Gasteiger partial charge in [0.05, 0.1) is 25.0 Å². The summed E-state index contributed by atoms with van der Waals surface area (Å²) in [5, 5.41) is 20.8. The number of nitriles is 1. The van der Waals surface area contributed by atoms with Crippen LogP contribution in [0.15, 0.2) is 29.4 Å². The molecule has 98 valence electrons. The number of rotatable bonds is 5. The third-order valence-corrected chi connectivity index (χ3v) is 3.42. The molecule has 1 heterocycles. The molecule has 1 aromatic carbocycles. The van der Waals surface area contributed by atoms with Crippen molar-refractivity contribution < 1.29 is 4.74 Å². The second kappa shape index (κ2) is 6.20. The number of thioether (sulfide) groups is 1. The van der Waals surface area contributed by atoms with Crippen LogP contribution >= 0.6 is 11.8 Å². The van der Waals surface area contributed by atoms with Gasteiger partial charge in [-0.05, 0) is 35.0 Å². The molecule has 2 rings (SSSR count). The van der Waals surface area contributed by atoms with Gasteiger partial charge in [0, 0.05) is 0 Å². The SMILES string of the molecule is COc1ccc(Cn2nnnc2SC(C)C#N)cc1. The summed E-state index contributed by atoms with van der Waals surface area (Å²) in [4.78, 5) is 0. The van der Waals surface area contributed by atoms with Crippen LogP contribution in [0.2, 0.25) is 0 Å². The largest absolute Gasteiger partial charge is 0.497 e. The summed E-state index contributed by atoms with van der Waals surface area (Å²) in [6.45, 7) is 2.38. The quantitative estimate of drug-likeness (QED) is 0.773. The third-order valence-electron chi connectivity index (χ3n) is 2.45. The molecule has 0 amide bonds. The highest BCUT2D eigenvalue weighted by Crippen LogP contribution is 2.20. The molecule has 0 N–H and O–H groups in total. The maximum absolute atomic E-state index is 8.81. The van der Waals surface area contributed by atoms with Gasteiger partial charge in [-0.1, -0.05) is 23.9 Å². The highest BCUT2D eigenvalue weighted by Gasteiger charge is 2.11. The van der Waals surface area contributed by atoms with E-state index in [1.807, 2.05) is 31.2 Å². The standard InChI is InChI=1S/C12H13N5OS/c1-9(7-13)19-12-14-15-16-17(12)8-10-3-5-11(18-2)6-4-10/h3-6,9H,8H2,1-2H3. The fourth-order valence-corrected chi connectivity index (χ4v) is 2.14. The highest BCUT2D eigenvalue weighted by atomic mass is 32.2. The van der Waals surface area contributed by atoms with Crippen molar-refractivity contribution in [2.24, 2.45) is 0 Å². The molecule has 1 aromatic heterocycles. The van der Waals surface area contributed by atoms with E-state index in [0.717, 1.165) is 11.3 Å². The topological polar surface area (TPSA) is 76.6 Å². The average Bonchev–Trinajstić information content (AvgIpc) is 2.86. The molecule has 1 unspecified atom stereocenters. The van der Waals surface area contributed by atoms with Gasteiger partial charge in [-0.3, -0.25) is 0 Å². The van der Waals surface area contributed by atoms with Crippen LogP contribution in [0, 0.1) is 11.3 Å². The Morgan fingerprint density at radius 1 is 1.42 bits per heavy atom. The van der Waals surface area contributed by atoms with E-state index in [0.29, 0.717) is 11.7 Å². The summed E-state index contributed by atoms with van der Waals surface area (Å²) in [7, 11) is 1.63. The number of aromatic nitrogens is 4. The van der Waals surface area contributed by atoms with Gasteiger partial charge in [0.15, 0.2) is 0 Å². The fraction of sp³-hybridized carbons (Fsp3) is 0.333. The molecule has 19 heavy (non-hydrogen) atoms. The lowest BCUT2D eigenvalue weighted by molar-refractivity contribution is 0.414. The number of ether oxygens (including phenoxy) is 1. The maximum atomic E-state index is 8.81. The summed E-state index contributed by atoms with van der Waals surface area (Å²) in [5.74, 6) is 0.813. The number of benzene rings is 1. The minimum absolute atomic E-state index is 0.180. The lowest BCUT2D eigenvalue weighted by Crippen LogP contribution is -2.05. The summed E-state index contributed by atoms with van der Waals surface area (Å²) in [6.07, 6.45) is 0. The zero-order chi connectivity index (χ0) is 13.7. The van der Waals surface area contributed by atoms with E-state index in [2.05, 4.69) is 21.6 Å². The molecule has 0 bridgehead atoms. The molecule has 6 nitrogen and oxygen atoms in total. The fourth-order valence-electron chi connectivity index (χ4n) is 1.47. The first-order valence-electron chi connectivity index (χ1n) is 5.68. The van der Waals surface area contributed by atoms with Crippen molar-refractivity contribution >= 4 is 11.8 Å². The van der Waals surface area contributed by atoms with Crippen LogP contribution in [0.3, 0.4) is 0 Å². The van der Waals surface area contributed by atoms with Crippen molar-refractivity contribution in [3.63, 3.8) is 0 Å². The van der Waals surface area contributed by atoms with Crippen molar-refractivity contribution in [2.45, 2.75) is 23.9 Å². The first kappa shape index (κ1) is 13.4. The Labute approximate surface area is 115 Å².